The van der Waals surface area contributed by atoms with E-state index in [0.717, 1.165) is 41.7 Å². The molecule has 158 valence electrons. The molecule has 0 unspecified atom stereocenters. The Morgan fingerprint density at radius 1 is 1.23 bits per heavy atom. The fourth-order valence-corrected chi connectivity index (χ4v) is 5.19. The minimum Gasteiger partial charge on any atom is -0.339 e. The van der Waals surface area contributed by atoms with Crippen molar-refractivity contribution in [3.63, 3.8) is 0 Å². The number of thiophene rings is 1. The van der Waals surface area contributed by atoms with Crippen molar-refractivity contribution in [3.05, 3.63) is 46.7 Å². The van der Waals surface area contributed by atoms with Gasteiger partial charge in [-0.2, -0.15) is 4.98 Å². The minimum absolute atomic E-state index is 0.0893. The number of rotatable bonds is 7. The Bertz CT molecular complexity index is 1180. The van der Waals surface area contributed by atoms with Gasteiger partial charge < -0.3 is 9.84 Å². The summed E-state index contributed by atoms with van der Waals surface area (Å²) in [5, 5.41) is 8.32. The summed E-state index contributed by atoms with van der Waals surface area (Å²) in [6.45, 7) is 3.56. The molecule has 0 atom stereocenters. The molecule has 0 spiro atoms. The first-order valence-electron chi connectivity index (χ1n) is 9.61. The number of carbonyl (C=O) groups is 1. The Morgan fingerprint density at radius 3 is 2.73 bits per heavy atom. The number of carbonyl (C=O) groups excluding carboxylic acids is 1. The normalized spacial score (nSPS) is 14.5. The Hall–Kier alpha value is -2.56. The Morgan fingerprint density at radius 2 is 2.03 bits per heavy atom. The average Bonchev–Trinajstić information content (AvgIpc) is 3.32. The molecule has 1 fully saturated rings. The van der Waals surface area contributed by atoms with Crippen LogP contribution in [0.4, 0.5) is 5.69 Å². The number of benzene rings is 1. The maximum atomic E-state index is 12.6. The number of nitrogens with zero attached hydrogens (tertiary/aromatic N) is 2. The van der Waals surface area contributed by atoms with Gasteiger partial charge in [-0.1, -0.05) is 17.6 Å². The summed E-state index contributed by atoms with van der Waals surface area (Å²) in [6.07, 6.45) is 3.24. The second kappa shape index (κ2) is 8.29. The molecule has 10 heteroatoms. The number of aromatic nitrogens is 2. The highest BCUT2D eigenvalue weighted by Crippen LogP contribution is 2.36. The predicted octanol–water partition coefficient (Wildman–Crippen LogP) is 3.60. The molecule has 0 radical (unpaired) electrons. The third-order valence-corrected chi connectivity index (χ3v) is 8.05. The number of nitrogens with one attached hydrogen (secondary N) is 2. The van der Waals surface area contributed by atoms with E-state index in [1.165, 1.54) is 6.07 Å². The van der Waals surface area contributed by atoms with Gasteiger partial charge in [-0.3, -0.25) is 4.79 Å². The zero-order valence-electron chi connectivity index (χ0n) is 16.6. The third-order valence-electron chi connectivity index (χ3n) is 5.21. The van der Waals surface area contributed by atoms with Crippen LogP contribution in [-0.2, 0) is 14.8 Å². The lowest BCUT2D eigenvalue weighted by Gasteiger charge is -2.20. The van der Waals surface area contributed by atoms with Crippen molar-refractivity contribution in [1.82, 2.24) is 14.9 Å². The van der Waals surface area contributed by atoms with E-state index < -0.39 is 15.9 Å². The van der Waals surface area contributed by atoms with E-state index in [1.807, 2.05) is 26.0 Å². The smallest absolute Gasteiger partial charge is 0.250 e. The molecule has 2 heterocycles. The van der Waals surface area contributed by atoms with Gasteiger partial charge >= 0.3 is 0 Å². The zero-order chi connectivity index (χ0) is 21.3. The van der Waals surface area contributed by atoms with Crippen LogP contribution in [-0.4, -0.2) is 31.0 Å². The van der Waals surface area contributed by atoms with Crippen LogP contribution >= 0.6 is 11.3 Å². The van der Waals surface area contributed by atoms with E-state index in [0.29, 0.717) is 28.9 Å². The molecular formula is C20H22N4O4S2. The molecule has 2 N–H and O–H groups in total. The fourth-order valence-electron chi connectivity index (χ4n) is 3.00. The summed E-state index contributed by atoms with van der Waals surface area (Å²) in [7, 11) is -3.83. The molecule has 0 aliphatic heterocycles. The van der Waals surface area contributed by atoms with Gasteiger partial charge in [-0.05, 0) is 56.0 Å². The maximum absolute atomic E-state index is 12.6. The van der Waals surface area contributed by atoms with Crippen molar-refractivity contribution < 1.29 is 17.7 Å². The van der Waals surface area contributed by atoms with Crippen LogP contribution in [0.25, 0.3) is 11.4 Å². The highest BCUT2D eigenvalue weighted by atomic mass is 32.2. The summed E-state index contributed by atoms with van der Waals surface area (Å²) < 4.78 is 32.8. The number of sulfonamides is 1. The lowest BCUT2D eigenvalue weighted by molar-refractivity contribution is -0.115. The van der Waals surface area contributed by atoms with Crippen molar-refractivity contribution in [2.24, 2.45) is 0 Å². The minimum atomic E-state index is -3.83. The summed E-state index contributed by atoms with van der Waals surface area (Å²) in [5.41, 5.74) is 3.36. The van der Waals surface area contributed by atoms with E-state index in [9.17, 15) is 13.2 Å². The molecule has 3 aromatic rings. The van der Waals surface area contributed by atoms with Crippen LogP contribution in [0.3, 0.4) is 0 Å². The molecular weight excluding hydrogens is 424 g/mol. The van der Waals surface area contributed by atoms with Gasteiger partial charge in [0.05, 0.1) is 6.54 Å². The van der Waals surface area contributed by atoms with Crippen molar-refractivity contribution in [2.45, 2.75) is 43.2 Å². The van der Waals surface area contributed by atoms with Crippen LogP contribution in [0.5, 0.6) is 0 Å². The third kappa shape index (κ3) is 4.45. The topological polar surface area (TPSA) is 114 Å². The van der Waals surface area contributed by atoms with E-state index in [4.69, 9.17) is 4.52 Å². The SMILES string of the molecule is Cc1ccc(NC(=O)CNS(=O)(=O)c2cc(-c3noc(C4CCC4)n3)cs2)cc1C. The number of hydrogen-bond acceptors (Lipinski definition) is 7. The molecule has 0 bridgehead atoms. The van der Waals surface area contributed by atoms with E-state index in [1.54, 1.807) is 11.4 Å². The standard InChI is InChI=1S/C20H22N4O4S2/c1-12-6-7-16(8-13(12)2)22-17(25)10-21-30(26,27)18-9-15(11-29-18)19-23-20(28-24-19)14-4-3-5-14/h6-9,11,14,21H,3-5,10H2,1-2H3,(H,22,25). The molecule has 1 amide bonds. The molecule has 30 heavy (non-hydrogen) atoms. The lowest BCUT2D eigenvalue weighted by atomic mass is 9.85. The van der Waals surface area contributed by atoms with Gasteiger partial charge in [0.25, 0.3) is 10.0 Å². The van der Waals surface area contributed by atoms with E-state index >= 15 is 0 Å². The molecule has 1 aromatic carbocycles. The van der Waals surface area contributed by atoms with Gasteiger partial charge in [0.15, 0.2) is 0 Å². The van der Waals surface area contributed by atoms with Crippen LogP contribution in [0.2, 0.25) is 0 Å². The summed E-state index contributed by atoms with van der Waals surface area (Å²) >= 11 is 1.04. The molecule has 8 nitrogen and oxygen atoms in total. The Kier molecular flexibility index (Phi) is 5.72. The first-order chi connectivity index (χ1) is 14.3. The van der Waals surface area contributed by atoms with E-state index in [-0.39, 0.29) is 10.8 Å². The van der Waals surface area contributed by atoms with Gasteiger partial charge in [-0.15, -0.1) is 11.3 Å². The van der Waals surface area contributed by atoms with Crippen LogP contribution in [0.1, 0.15) is 42.2 Å². The highest BCUT2D eigenvalue weighted by Gasteiger charge is 2.26. The molecule has 1 aliphatic rings. The number of hydrogen-bond donors (Lipinski definition) is 2. The van der Waals surface area contributed by atoms with Gasteiger partial charge in [0.2, 0.25) is 17.6 Å². The first-order valence-corrected chi connectivity index (χ1v) is 12.0. The average molecular weight is 447 g/mol. The Balaban J connectivity index is 1.38. The van der Waals surface area contributed by atoms with Gasteiger partial charge in [0, 0.05) is 22.5 Å². The quantitative estimate of drug-likeness (QED) is 0.573. The molecule has 1 aliphatic carbocycles. The summed E-state index contributed by atoms with van der Waals surface area (Å²) in [5.74, 6) is 0.850. The van der Waals surface area contributed by atoms with Crippen LogP contribution < -0.4 is 10.0 Å². The second-order valence-corrected chi connectivity index (χ2v) is 10.3. The number of amides is 1. The lowest BCUT2D eigenvalue weighted by Crippen LogP contribution is -2.32. The molecule has 2 aromatic heterocycles. The maximum Gasteiger partial charge on any atom is 0.250 e. The molecule has 0 saturated heterocycles. The predicted molar refractivity (Wildman–Crippen MR) is 114 cm³/mol. The Labute approximate surface area is 178 Å². The summed E-state index contributed by atoms with van der Waals surface area (Å²) in [4.78, 5) is 16.5. The molecule has 1 saturated carbocycles. The fraction of sp³-hybridized carbons (Fsp3) is 0.350. The van der Waals surface area contributed by atoms with Crippen molar-refractivity contribution in [1.29, 1.82) is 0 Å². The highest BCUT2D eigenvalue weighted by molar-refractivity contribution is 7.91. The monoisotopic (exact) mass is 446 g/mol. The number of aryl methyl sites for hydroxylation is 2. The summed E-state index contributed by atoms with van der Waals surface area (Å²) in [6, 6.07) is 7.01. The van der Waals surface area contributed by atoms with Gasteiger partial charge in [-0.25, -0.2) is 13.1 Å². The molecule has 4 rings (SSSR count). The van der Waals surface area contributed by atoms with Gasteiger partial charge in [0.1, 0.15) is 4.21 Å². The first kappa shape index (κ1) is 20.7. The van der Waals surface area contributed by atoms with Crippen LogP contribution in [0, 0.1) is 13.8 Å². The second-order valence-electron chi connectivity index (χ2n) is 7.41. The zero-order valence-corrected chi connectivity index (χ0v) is 18.3. The largest absolute Gasteiger partial charge is 0.339 e. The van der Waals surface area contributed by atoms with Crippen molar-refractivity contribution in [3.8, 4) is 11.4 Å². The van der Waals surface area contributed by atoms with Crippen LogP contribution in [0.15, 0.2) is 38.4 Å². The number of anilines is 1. The van der Waals surface area contributed by atoms with Crippen molar-refractivity contribution in [2.75, 3.05) is 11.9 Å². The van der Waals surface area contributed by atoms with Crippen molar-refractivity contribution >= 4 is 33.0 Å². The van der Waals surface area contributed by atoms with E-state index in [2.05, 4.69) is 20.2 Å².